The van der Waals surface area contributed by atoms with Crippen LogP contribution in [0.25, 0.3) is 0 Å². The molecule has 0 saturated carbocycles. The number of rotatable bonds is 2. The zero-order valence-electron chi connectivity index (χ0n) is 8.63. The van der Waals surface area contributed by atoms with Crippen molar-refractivity contribution < 1.29 is 9.32 Å². The molecule has 0 amide bonds. The van der Waals surface area contributed by atoms with Gasteiger partial charge in [-0.2, -0.15) is 0 Å². The van der Waals surface area contributed by atoms with Gasteiger partial charge < -0.3 is 5.11 Å². The molecule has 82 valence electrons. The minimum Gasteiger partial charge on any atom is -0.387 e. The number of hydrogen-bond donors (Lipinski definition) is 1. The second-order valence-electron chi connectivity index (χ2n) is 3.97. The van der Waals surface area contributed by atoms with Gasteiger partial charge in [-0.1, -0.05) is 36.8 Å². The topological polar surface area (TPSA) is 37.3 Å². The van der Waals surface area contributed by atoms with Crippen molar-refractivity contribution in [2.75, 3.05) is 5.75 Å². The molecule has 2 rings (SSSR count). The summed E-state index contributed by atoms with van der Waals surface area (Å²) < 4.78 is 11.8. The van der Waals surface area contributed by atoms with Crippen molar-refractivity contribution in [3.63, 3.8) is 0 Å². The molecule has 0 spiro atoms. The maximum atomic E-state index is 11.8. The summed E-state index contributed by atoms with van der Waals surface area (Å²) >= 11 is 0. The third kappa shape index (κ3) is 2.47. The first-order chi connectivity index (χ1) is 7.29. The predicted molar refractivity (Wildman–Crippen MR) is 62.1 cm³/mol. The zero-order chi connectivity index (χ0) is 10.7. The summed E-state index contributed by atoms with van der Waals surface area (Å²) in [6.45, 7) is 0. The molecule has 1 aliphatic rings. The van der Waals surface area contributed by atoms with Crippen LogP contribution < -0.4 is 0 Å². The zero-order valence-corrected chi connectivity index (χ0v) is 9.45. The van der Waals surface area contributed by atoms with E-state index in [-0.39, 0.29) is 5.25 Å². The van der Waals surface area contributed by atoms with Crippen molar-refractivity contribution in [2.24, 2.45) is 0 Å². The van der Waals surface area contributed by atoms with Gasteiger partial charge >= 0.3 is 0 Å². The fraction of sp³-hybridized carbons (Fsp3) is 0.500. The molecule has 1 saturated heterocycles. The standard InChI is InChI=1S/C12H16O2S/c13-12(10-6-2-1-3-7-10)11-8-4-5-9-15(11)14/h1-3,6-7,11-13H,4-5,8-9H2. The van der Waals surface area contributed by atoms with Crippen LogP contribution in [-0.2, 0) is 10.8 Å². The number of aliphatic hydroxyl groups is 1. The van der Waals surface area contributed by atoms with Crippen LogP contribution in [0.4, 0.5) is 0 Å². The summed E-state index contributed by atoms with van der Waals surface area (Å²) in [7, 11) is -0.859. The third-order valence-electron chi connectivity index (χ3n) is 2.92. The molecule has 1 aromatic carbocycles. The summed E-state index contributed by atoms with van der Waals surface area (Å²) in [6.07, 6.45) is 2.43. The Labute approximate surface area is 92.8 Å². The largest absolute Gasteiger partial charge is 0.387 e. The number of aliphatic hydroxyl groups excluding tert-OH is 1. The highest BCUT2D eigenvalue weighted by atomic mass is 32.2. The van der Waals surface area contributed by atoms with Crippen molar-refractivity contribution in [3.8, 4) is 0 Å². The van der Waals surface area contributed by atoms with Crippen LogP contribution >= 0.6 is 0 Å². The van der Waals surface area contributed by atoms with E-state index in [9.17, 15) is 9.32 Å². The second-order valence-corrected chi connectivity index (χ2v) is 5.75. The molecule has 1 aromatic rings. The van der Waals surface area contributed by atoms with Crippen LogP contribution in [0.5, 0.6) is 0 Å². The average molecular weight is 224 g/mol. The van der Waals surface area contributed by atoms with E-state index in [2.05, 4.69) is 0 Å². The van der Waals surface area contributed by atoms with Crippen LogP contribution in [-0.4, -0.2) is 20.3 Å². The molecule has 3 unspecified atom stereocenters. The van der Waals surface area contributed by atoms with Crippen LogP contribution in [0.2, 0.25) is 0 Å². The molecule has 0 aliphatic carbocycles. The molecular formula is C12H16O2S. The van der Waals surface area contributed by atoms with Crippen molar-refractivity contribution in [3.05, 3.63) is 35.9 Å². The van der Waals surface area contributed by atoms with E-state index in [1.165, 1.54) is 0 Å². The highest BCUT2D eigenvalue weighted by Gasteiger charge is 2.28. The van der Waals surface area contributed by atoms with Crippen molar-refractivity contribution in [2.45, 2.75) is 30.6 Å². The third-order valence-corrected chi connectivity index (χ3v) is 4.77. The molecule has 0 bridgehead atoms. The molecule has 3 heteroatoms. The molecule has 2 nitrogen and oxygen atoms in total. The summed E-state index contributed by atoms with van der Waals surface area (Å²) in [5.41, 5.74) is 0.887. The first-order valence-corrected chi connectivity index (χ1v) is 6.77. The van der Waals surface area contributed by atoms with Gasteiger partial charge in [0.25, 0.3) is 0 Å². The van der Waals surface area contributed by atoms with Crippen molar-refractivity contribution in [1.82, 2.24) is 0 Å². The Morgan fingerprint density at radius 3 is 2.67 bits per heavy atom. The Kier molecular flexibility index (Phi) is 3.54. The fourth-order valence-corrected chi connectivity index (χ4v) is 3.70. The SMILES string of the molecule is O=S1CCCCC1C(O)c1ccccc1. The minimum absolute atomic E-state index is 0.0684. The minimum atomic E-state index is -0.859. The summed E-state index contributed by atoms with van der Waals surface area (Å²) in [5.74, 6) is 0.745. The fourth-order valence-electron chi connectivity index (χ4n) is 2.04. The Morgan fingerprint density at radius 1 is 1.27 bits per heavy atom. The smallest absolute Gasteiger partial charge is 0.0933 e. The molecular weight excluding hydrogens is 208 g/mol. The van der Waals surface area contributed by atoms with Gasteiger partial charge in [0, 0.05) is 16.6 Å². The quantitative estimate of drug-likeness (QED) is 0.834. The maximum absolute atomic E-state index is 11.8. The molecule has 1 heterocycles. The Morgan fingerprint density at radius 2 is 2.00 bits per heavy atom. The van der Waals surface area contributed by atoms with Gasteiger partial charge in [0.15, 0.2) is 0 Å². The second kappa shape index (κ2) is 4.90. The highest BCUT2D eigenvalue weighted by Crippen LogP contribution is 2.28. The van der Waals surface area contributed by atoms with Crippen molar-refractivity contribution >= 4 is 10.8 Å². The molecule has 0 aromatic heterocycles. The Bertz CT molecular complexity index is 337. The van der Waals surface area contributed by atoms with Gasteiger partial charge in [0.05, 0.1) is 11.4 Å². The monoisotopic (exact) mass is 224 g/mol. The lowest BCUT2D eigenvalue weighted by molar-refractivity contribution is 0.166. The molecule has 0 radical (unpaired) electrons. The van der Waals surface area contributed by atoms with E-state index in [4.69, 9.17) is 0 Å². The highest BCUT2D eigenvalue weighted by molar-refractivity contribution is 7.85. The summed E-state index contributed by atoms with van der Waals surface area (Å²) in [5, 5.41) is 10.1. The van der Waals surface area contributed by atoms with E-state index in [1.807, 2.05) is 30.3 Å². The van der Waals surface area contributed by atoms with Crippen LogP contribution in [0.3, 0.4) is 0 Å². The van der Waals surface area contributed by atoms with Gasteiger partial charge in [-0.3, -0.25) is 4.21 Å². The van der Waals surface area contributed by atoms with E-state index in [0.29, 0.717) is 0 Å². The van der Waals surface area contributed by atoms with Gasteiger partial charge in [-0.15, -0.1) is 0 Å². The first kappa shape index (κ1) is 10.8. The lowest BCUT2D eigenvalue weighted by atomic mass is 10.0. The van der Waals surface area contributed by atoms with Gasteiger partial charge in [0.1, 0.15) is 0 Å². The average Bonchev–Trinajstić information content (AvgIpc) is 2.30. The molecule has 1 aliphatic heterocycles. The van der Waals surface area contributed by atoms with Crippen LogP contribution in [0.15, 0.2) is 30.3 Å². The van der Waals surface area contributed by atoms with Gasteiger partial charge in [0.2, 0.25) is 0 Å². The van der Waals surface area contributed by atoms with E-state index >= 15 is 0 Å². The predicted octanol–water partition coefficient (Wildman–Crippen LogP) is 2.02. The van der Waals surface area contributed by atoms with Gasteiger partial charge in [-0.25, -0.2) is 0 Å². The van der Waals surface area contributed by atoms with Crippen LogP contribution in [0, 0.1) is 0 Å². The Hall–Kier alpha value is -0.670. The normalized spacial score (nSPS) is 28.6. The van der Waals surface area contributed by atoms with Gasteiger partial charge in [-0.05, 0) is 18.4 Å². The summed E-state index contributed by atoms with van der Waals surface area (Å²) in [6, 6.07) is 9.54. The molecule has 1 fully saturated rings. The maximum Gasteiger partial charge on any atom is 0.0933 e. The lowest BCUT2D eigenvalue weighted by Crippen LogP contribution is -2.29. The van der Waals surface area contributed by atoms with Crippen molar-refractivity contribution in [1.29, 1.82) is 0 Å². The number of benzene rings is 1. The molecule has 15 heavy (non-hydrogen) atoms. The number of hydrogen-bond acceptors (Lipinski definition) is 2. The molecule has 1 N–H and O–H groups in total. The Balaban J connectivity index is 2.13. The lowest BCUT2D eigenvalue weighted by Gasteiger charge is -2.26. The van der Waals surface area contributed by atoms with E-state index < -0.39 is 16.9 Å². The molecule has 3 atom stereocenters. The summed E-state index contributed by atoms with van der Waals surface area (Å²) in [4.78, 5) is 0. The van der Waals surface area contributed by atoms with E-state index in [0.717, 1.165) is 30.6 Å². The van der Waals surface area contributed by atoms with Crippen LogP contribution in [0.1, 0.15) is 30.9 Å². The van der Waals surface area contributed by atoms with E-state index in [1.54, 1.807) is 0 Å². The first-order valence-electron chi connectivity index (χ1n) is 5.39.